The molecule has 1 N–H and O–H groups in total. The molecule has 0 amide bonds. The van der Waals surface area contributed by atoms with Crippen molar-refractivity contribution in [1.82, 2.24) is 4.90 Å². The minimum atomic E-state index is 0.0849. The summed E-state index contributed by atoms with van der Waals surface area (Å²) >= 11 is 7.55. The fourth-order valence-corrected chi connectivity index (χ4v) is 3.26. The summed E-state index contributed by atoms with van der Waals surface area (Å²) in [5.41, 5.74) is 4.43. The first-order valence-electron chi connectivity index (χ1n) is 7.04. The van der Waals surface area contributed by atoms with Crippen LogP contribution in [0.1, 0.15) is 16.7 Å². The number of fused-ring (bicyclic) bond motifs is 1. The van der Waals surface area contributed by atoms with Gasteiger partial charge in [-0.1, -0.05) is 41.6 Å². The van der Waals surface area contributed by atoms with E-state index < -0.39 is 0 Å². The van der Waals surface area contributed by atoms with E-state index in [9.17, 15) is 5.11 Å². The highest BCUT2D eigenvalue weighted by molar-refractivity contribution is 8.13. The van der Waals surface area contributed by atoms with E-state index in [0.29, 0.717) is 0 Å². The van der Waals surface area contributed by atoms with Gasteiger partial charge in [0.1, 0.15) is 0 Å². The molecule has 1 aliphatic rings. The molecular formula is C17H17ClN2OS. The SMILES string of the molecule is CS/C(=N\c1ccc(Cl)cc1)N1Cc2ccc(CO)cc2C1. The standard InChI is InChI=1S/C17H17ClN2OS/c1-22-17(19-16-6-4-15(18)5-7-16)20-9-13-3-2-12(11-21)8-14(13)10-20/h2-8,21H,9-11H2,1H3/b19-17-. The van der Waals surface area contributed by atoms with Crippen molar-refractivity contribution in [3.05, 3.63) is 64.2 Å². The van der Waals surface area contributed by atoms with Crippen LogP contribution in [0.2, 0.25) is 5.02 Å². The Morgan fingerprint density at radius 3 is 2.59 bits per heavy atom. The van der Waals surface area contributed by atoms with Crippen LogP contribution in [0, 0.1) is 0 Å². The monoisotopic (exact) mass is 332 g/mol. The average Bonchev–Trinajstić information content (AvgIpc) is 2.97. The van der Waals surface area contributed by atoms with Gasteiger partial charge >= 0.3 is 0 Å². The molecule has 0 bridgehead atoms. The zero-order valence-corrected chi connectivity index (χ0v) is 13.9. The van der Waals surface area contributed by atoms with E-state index in [-0.39, 0.29) is 6.61 Å². The van der Waals surface area contributed by atoms with Crippen LogP contribution in [0.15, 0.2) is 47.5 Å². The van der Waals surface area contributed by atoms with Crippen LogP contribution in [0.25, 0.3) is 0 Å². The highest BCUT2D eigenvalue weighted by atomic mass is 35.5. The zero-order valence-electron chi connectivity index (χ0n) is 12.3. The molecule has 0 saturated heterocycles. The first-order valence-corrected chi connectivity index (χ1v) is 8.64. The molecule has 0 unspecified atom stereocenters. The number of aliphatic hydroxyl groups excluding tert-OH is 1. The Balaban J connectivity index is 1.82. The fraction of sp³-hybridized carbons (Fsp3) is 0.235. The number of hydrogen-bond donors (Lipinski definition) is 1. The maximum atomic E-state index is 9.26. The molecule has 0 atom stereocenters. The third kappa shape index (κ3) is 3.29. The number of hydrogen-bond acceptors (Lipinski definition) is 3. The molecule has 3 nitrogen and oxygen atoms in total. The highest BCUT2D eigenvalue weighted by Gasteiger charge is 2.21. The molecule has 5 heteroatoms. The zero-order chi connectivity index (χ0) is 15.5. The highest BCUT2D eigenvalue weighted by Crippen LogP contribution is 2.28. The lowest BCUT2D eigenvalue weighted by atomic mass is 10.1. The molecule has 114 valence electrons. The number of aliphatic hydroxyl groups is 1. The molecule has 0 saturated carbocycles. The van der Waals surface area contributed by atoms with E-state index in [2.05, 4.69) is 17.0 Å². The molecule has 2 aromatic rings. The minimum Gasteiger partial charge on any atom is -0.392 e. The van der Waals surface area contributed by atoms with Crippen molar-refractivity contribution < 1.29 is 5.11 Å². The third-order valence-electron chi connectivity index (χ3n) is 3.68. The van der Waals surface area contributed by atoms with Crippen LogP contribution < -0.4 is 0 Å². The number of thioether (sulfide) groups is 1. The van der Waals surface area contributed by atoms with Crippen molar-refractivity contribution >= 4 is 34.2 Å². The Morgan fingerprint density at radius 1 is 1.18 bits per heavy atom. The van der Waals surface area contributed by atoms with Gasteiger partial charge in [-0.25, -0.2) is 4.99 Å². The first-order chi connectivity index (χ1) is 10.7. The summed E-state index contributed by atoms with van der Waals surface area (Å²) in [7, 11) is 0. The van der Waals surface area contributed by atoms with E-state index in [4.69, 9.17) is 16.6 Å². The topological polar surface area (TPSA) is 35.8 Å². The Bertz CT molecular complexity index is 700. The second kappa shape index (κ2) is 6.73. The number of rotatable bonds is 2. The number of benzene rings is 2. The van der Waals surface area contributed by atoms with E-state index in [1.807, 2.05) is 36.6 Å². The van der Waals surface area contributed by atoms with Crippen LogP contribution in [-0.4, -0.2) is 21.4 Å². The summed E-state index contributed by atoms with van der Waals surface area (Å²) < 4.78 is 0. The predicted octanol–water partition coefficient (Wildman–Crippen LogP) is 4.20. The lowest BCUT2D eigenvalue weighted by Crippen LogP contribution is -2.22. The molecule has 0 aliphatic carbocycles. The number of aliphatic imine (C=N–C) groups is 1. The van der Waals surface area contributed by atoms with Gasteiger partial charge in [0.25, 0.3) is 0 Å². The molecule has 2 aromatic carbocycles. The summed E-state index contributed by atoms with van der Waals surface area (Å²) in [6, 6.07) is 13.7. The van der Waals surface area contributed by atoms with Gasteiger partial charge in [-0.3, -0.25) is 0 Å². The summed E-state index contributed by atoms with van der Waals surface area (Å²) in [5.74, 6) is 0. The van der Waals surface area contributed by atoms with Gasteiger partial charge in [0.2, 0.25) is 0 Å². The maximum Gasteiger partial charge on any atom is 0.164 e. The van der Waals surface area contributed by atoms with Crippen LogP contribution in [0.5, 0.6) is 0 Å². The van der Waals surface area contributed by atoms with E-state index in [1.54, 1.807) is 11.8 Å². The molecule has 3 rings (SSSR count). The first kappa shape index (κ1) is 15.4. The smallest absolute Gasteiger partial charge is 0.164 e. The molecule has 0 radical (unpaired) electrons. The third-order valence-corrected chi connectivity index (χ3v) is 4.65. The maximum absolute atomic E-state index is 9.26. The molecule has 0 fully saturated rings. The molecule has 0 aromatic heterocycles. The molecular weight excluding hydrogens is 316 g/mol. The summed E-state index contributed by atoms with van der Waals surface area (Å²) in [5, 5.41) is 11.0. The Kier molecular flexibility index (Phi) is 4.71. The molecule has 1 aliphatic heterocycles. The molecule has 1 heterocycles. The quantitative estimate of drug-likeness (QED) is 0.661. The van der Waals surface area contributed by atoms with Gasteiger partial charge in [0.15, 0.2) is 5.17 Å². The number of nitrogens with zero attached hydrogens (tertiary/aromatic N) is 2. The van der Waals surface area contributed by atoms with E-state index in [0.717, 1.165) is 34.5 Å². The predicted molar refractivity (Wildman–Crippen MR) is 93.7 cm³/mol. The lowest BCUT2D eigenvalue weighted by Gasteiger charge is -2.18. The van der Waals surface area contributed by atoms with Crippen LogP contribution in [0.4, 0.5) is 5.69 Å². The Morgan fingerprint density at radius 2 is 1.91 bits per heavy atom. The van der Waals surface area contributed by atoms with Crippen molar-refractivity contribution in [2.75, 3.05) is 6.26 Å². The Hall–Kier alpha value is -1.49. The fourth-order valence-electron chi connectivity index (χ4n) is 2.55. The van der Waals surface area contributed by atoms with Crippen molar-refractivity contribution in [3.63, 3.8) is 0 Å². The minimum absolute atomic E-state index is 0.0849. The normalized spacial score (nSPS) is 14.3. The summed E-state index contributed by atoms with van der Waals surface area (Å²) in [4.78, 5) is 6.98. The second-order valence-corrected chi connectivity index (χ2v) is 6.40. The molecule has 22 heavy (non-hydrogen) atoms. The number of halogens is 1. The largest absolute Gasteiger partial charge is 0.392 e. The van der Waals surface area contributed by atoms with Gasteiger partial charge in [-0.05, 0) is 47.2 Å². The molecule has 0 spiro atoms. The van der Waals surface area contributed by atoms with Gasteiger partial charge in [0.05, 0.1) is 12.3 Å². The van der Waals surface area contributed by atoms with Crippen molar-refractivity contribution in [1.29, 1.82) is 0 Å². The van der Waals surface area contributed by atoms with E-state index in [1.165, 1.54) is 11.1 Å². The van der Waals surface area contributed by atoms with Gasteiger partial charge in [0, 0.05) is 18.1 Å². The van der Waals surface area contributed by atoms with Gasteiger partial charge < -0.3 is 10.0 Å². The van der Waals surface area contributed by atoms with Crippen LogP contribution >= 0.6 is 23.4 Å². The van der Waals surface area contributed by atoms with Crippen molar-refractivity contribution in [3.8, 4) is 0 Å². The van der Waals surface area contributed by atoms with Crippen LogP contribution in [-0.2, 0) is 19.7 Å². The average molecular weight is 333 g/mol. The van der Waals surface area contributed by atoms with Gasteiger partial charge in [-0.15, -0.1) is 0 Å². The van der Waals surface area contributed by atoms with Crippen LogP contribution in [0.3, 0.4) is 0 Å². The van der Waals surface area contributed by atoms with E-state index >= 15 is 0 Å². The van der Waals surface area contributed by atoms with Crippen molar-refractivity contribution in [2.24, 2.45) is 4.99 Å². The Labute approximate surface area is 139 Å². The van der Waals surface area contributed by atoms with Gasteiger partial charge in [-0.2, -0.15) is 0 Å². The van der Waals surface area contributed by atoms with Crippen molar-refractivity contribution in [2.45, 2.75) is 19.7 Å². The lowest BCUT2D eigenvalue weighted by molar-refractivity contribution is 0.281. The number of amidine groups is 1. The second-order valence-electron chi connectivity index (χ2n) is 5.19. The summed E-state index contributed by atoms with van der Waals surface area (Å²) in [6.07, 6.45) is 2.04. The summed E-state index contributed by atoms with van der Waals surface area (Å²) in [6.45, 7) is 1.77.